The van der Waals surface area contributed by atoms with Crippen LogP contribution in [0.25, 0.3) is 0 Å². The summed E-state index contributed by atoms with van der Waals surface area (Å²) in [6.45, 7) is 2.82. The van der Waals surface area contributed by atoms with E-state index in [0.29, 0.717) is 26.4 Å². The number of hydrogen-bond acceptors (Lipinski definition) is 4. The third kappa shape index (κ3) is 6.27. The summed E-state index contributed by atoms with van der Waals surface area (Å²) in [5.41, 5.74) is 2.22. The van der Waals surface area contributed by atoms with Crippen molar-refractivity contribution < 1.29 is 18.9 Å². The second-order valence-electron chi connectivity index (χ2n) is 7.57. The molecule has 0 aliphatic carbocycles. The van der Waals surface area contributed by atoms with Crippen molar-refractivity contribution in [2.75, 3.05) is 26.4 Å². The molecule has 0 unspecified atom stereocenters. The molecule has 146 valence electrons. The van der Waals surface area contributed by atoms with E-state index >= 15 is 0 Å². The van der Waals surface area contributed by atoms with Crippen molar-refractivity contribution in [2.24, 2.45) is 0 Å². The van der Waals surface area contributed by atoms with Crippen molar-refractivity contribution >= 4 is 37.9 Å². The minimum atomic E-state index is -1.88. The molecular weight excluding hydrogens is 515 g/mol. The molecule has 0 saturated carbocycles. The SMILES string of the molecule is Brc1ccc(C2OCCO2)cc1.[CH3][Sn]([CH3])([CH3])[c]1ccc(C2OCCO2)cc1. The quantitative estimate of drug-likeness (QED) is 0.525. The summed E-state index contributed by atoms with van der Waals surface area (Å²) in [7, 11) is 0. The molecule has 4 rings (SSSR count). The minimum absolute atomic E-state index is 0.130. The first-order valence-electron chi connectivity index (χ1n) is 9.26. The standard InChI is InChI=1S/C9H9BrO2.C9H9O2.3CH3.Sn/c10-8-3-1-7(2-4-8)9-11-5-6-12-9;1-2-4-8(5-3-1)9-10-6-7-11-9;;;;/h1-4,9H,5-6H2;2-5,9H,6-7H2;3*1H3;. The van der Waals surface area contributed by atoms with Gasteiger partial charge in [-0.05, 0) is 12.1 Å². The van der Waals surface area contributed by atoms with Crippen LogP contribution in [-0.2, 0) is 18.9 Å². The Hall–Kier alpha value is -0.441. The molecule has 0 bridgehead atoms. The van der Waals surface area contributed by atoms with Crippen LogP contribution in [-0.4, -0.2) is 44.8 Å². The molecule has 6 heteroatoms. The Bertz CT molecular complexity index is 700. The van der Waals surface area contributed by atoms with E-state index < -0.39 is 18.4 Å². The molecular formula is C21H27BrO4Sn. The number of benzene rings is 2. The second-order valence-corrected chi connectivity index (χ2v) is 23.0. The molecule has 2 saturated heterocycles. The number of hydrogen-bond donors (Lipinski definition) is 0. The first-order valence-corrected chi connectivity index (χ1v) is 20.0. The van der Waals surface area contributed by atoms with Crippen molar-refractivity contribution in [1.29, 1.82) is 0 Å². The van der Waals surface area contributed by atoms with Gasteiger partial charge in [-0.25, -0.2) is 0 Å². The molecule has 4 nitrogen and oxygen atoms in total. The van der Waals surface area contributed by atoms with Crippen molar-refractivity contribution in [2.45, 2.75) is 27.4 Å². The number of halogens is 1. The van der Waals surface area contributed by atoms with Crippen molar-refractivity contribution in [3.63, 3.8) is 0 Å². The Labute approximate surface area is 174 Å². The van der Waals surface area contributed by atoms with Gasteiger partial charge in [-0.2, -0.15) is 0 Å². The molecule has 0 radical (unpaired) electrons. The first kappa shape index (κ1) is 21.3. The summed E-state index contributed by atoms with van der Waals surface area (Å²) in [6, 6.07) is 16.8. The molecule has 0 N–H and O–H groups in total. The van der Waals surface area contributed by atoms with E-state index in [1.165, 1.54) is 0 Å². The zero-order valence-corrected chi connectivity index (χ0v) is 20.6. The summed E-state index contributed by atoms with van der Waals surface area (Å²) in [4.78, 5) is 7.27. The molecule has 2 aliphatic rings. The maximum absolute atomic E-state index is 5.46. The molecule has 0 amide bonds. The van der Waals surface area contributed by atoms with Crippen LogP contribution in [0, 0.1) is 0 Å². The molecule has 0 atom stereocenters. The predicted molar refractivity (Wildman–Crippen MR) is 113 cm³/mol. The summed E-state index contributed by atoms with van der Waals surface area (Å²) in [5.74, 6) is 0. The number of ether oxygens (including phenoxy) is 4. The van der Waals surface area contributed by atoms with Crippen molar-refractivity contribution in [1.82, 2.24) is 0 Å². The van der Waals surface area contributed by atoms with Crippen LogP contribution in [0.4, 0.5) is 0 Å². The van der Waals surface area contributed by atoms with E-state index in [1.54, 1.807) is 3.58 Å². The van der Waals surface area contributed by atoms with Crippen LogP contribution in [0.15, 0.2) is 53.0 Å². The van der Waals surface area contributed by atoms with Gasteiger partial charge in [0.05, 0.1) is 13.2 Å². The molecule has 2 aromatic rings. The van der Waals surface area contributed by atoms with E-state index in [1.807, 2.05) is 24.3 Å². The Balaban J connectivity index is 0.000000159. The third-order valence-corrected chi connectivity index (χ3v) is 10.9. The molecule has 0 aromatic heterocycles. The Morgan fingerprint density at radius 3 is 1.41 bits per heavy atom. The fourth-order valence-electron chi connectivity index (χ4n) is 2.86. The molecule has 2 fully saturated rings. The van der Waals surface area contributed by atoms with Gasteiger partial charge in [0.15, 0.2) is 6.29 Å². The fraction of sp³-hybridized carbons (Fsp3) is 0.429. The Kier molecular flexibility index (Phi) is 7.76. The van der Waals surface area contributed by atoms with Crippen molar-refractivity contribution in [3.05, 3.63) is 64.1 Å². The van der Waals surface area contributed by atoms with Crippen LogP contribution in [0.1, 0.15) is 23.7 Å². The van der Waals surface area contributed by atoms with Gasteiger partial charge in [-0.15, -0.1) is 0 Å². The third-order valence-electron chi connectivity index (χ3n) is 4.43. The van der Waals surface area contributed by atoms with E-state index in [-0.39, 0.29) is 12.6 Å². The van der Waals surface area contributed by atoms with Gasteiger partial charge in [-0.1, -0.05) is 28.1 Å². The molecule has 0 spiro atoms. The van der Waals surface area contributed by atoms with Crippen molar-refractivity contribution in [3.8, 4) is 0 Å². The van der Waals surface area contributed by atoms with E-state index in [9.17, 15) is 0 Å². The monoisotopic (exact) mass is 542 g/mol. The van der Waals surface area contributed by atoms with Gasteiger partial charge < -0.3 is 9.47 Å². The fourth-order valence-corrected chi connectivity index (χ4v) is 6.46. The maximum atomic E-state index is 5.46. The van der Waals surface area contributed by atoms with Crippen LogP contribution < -0.4 is 3.58 Å². The molecule has 2 heterocycles. The van der Waals surface area contributed by atoms with Gasteiger partial charge in [0.2, 0.25) is 0 Å². The van der Waals surface area contributed by atoms with Crippen LogP contribution in [0.2, 0.25) is 14.8 Å². The molecule has 2 aromatic carbocycles. The Morgan fingerprint density at radius 2 is 1.04 bits per heavy atom. The van der Waals surface area contributed by atoms with E-state index in [4.69, 9.17) is 18.9 Å². The normalized spacial score (nSPS) is 18.4. The van der Waals surface area contributed by atoms with E-state index in [0.717, 1.165) is 15.6 Å². The van der Waals surface area contributed by atoms with E-state index in [2.05, 4.69) is 55.0 Å². The van der Waals surface area contributed by atoms with Gasteiger partial charge in [0, 0.05) is 10.0 Å². The topological polar surface area (TPSA) is 36.9 Å². The molecule has 27 heavy (non-hydrogen) atoms. The van der Waals surface area contributed by atoms with Gasteiger partial charge in [-0.3, -0.25) is 0 Å². The predicted octanol–water partition coefficient (Wildman–Crippen LogP) is 4.77. The van der Waals surface area contributed by atoms with Gasteiger partial charge in [0.25, 0.3) is 0 Å². The zero-order valence-electron chi connectivity index (χ0n) is 16.1. The van der Waals surface area contributed by atoms with Crippen LogP contribution in [0.5, 0.6) is 0 Å². The average Bonchev–Trinajstić information content (AvgIpc) is 3.36. The van der Waals surface area contributed by atoms with Crippen LogP contribution >= 0.6 is 15.9 Å². The summed E-state index contributed by atoms with van der Waals surface area (Å²) in [6.07, 6.45) is -0.285. The van der Waals surface area contributed by atoms with Gasteiger partial charge in [0.1, 0.15) is 0 Å². The zero-order chi connectivity index (χ0) is 19.3. The van der Waals surface area contributed by atoms with Gasteiger partial charge >= 0.3 is 95.6 Å². The second kappa shape index (κ2) is 9.85. The summed E-state index contributed by atoms with van der Waals surface area (Å²) < 4.78 is 24.2. The Morgan fingerprint density at radius 1 is 0.667 bits per heavy atom. The van der Waals surface area contributed by atoms with Crippen LogP contribution in [0.3, 0.4) is 0 Å². The first-order chi connectivity index (χ1) is 12.9. The number of rotatable bonds is 3. The molecule has 2 aliphatic heterocycles. The summed E-state index contributed by atoms with van der Waals surface area (Å²) in [5, 5.41) is 0. The summed E-state index contributed by atoms with van der Waals surface area (Å²) >= 11 is 1.49. The average molecular weight is 542 g/mol.